The normalized spacial score (nSPS) is 19.4. The molecule has 0 unspecified atom stereocenters. The van der Waals surface area contributed by atoms with Crippen molar-refractivity contribution in [2.45, 2.75) is 71.1 Å². The number of carbonyl (C=O) groups excluding carboxylic acids is 1. The molecule has 1 saturated heterocycles. The quantitative estimate of drug-likeness (QED) is 0.761. The summed E-state index contributed by atoms with van der Waals surface area (Å²) in [5.41, 5.74) is 1.09. The fourth-order valence-electron chi connectivity index (χ4n) is 4.08. The Hall–Kier alpha value is -1.75. The van der Waals surface area contributed by atoms with Crippen LogP contribution >= 0.6 is 0 Å². The molecule has 3 rings (SSSR count). The van der Waals surface area contributed by atoms with E-state index in [0.29, 0.717) is 18.6 Å². The van der Waals surface area contributed by atoms with Gasteiger partial charge in [0.05, 0.1) is 6.10 Å². The minimum atomic E-state index is -0.0661. The molecule has 1 aromatic carbocycles. The first kappa shape index (κ1) is 20.0. The van der Waals surface area contributed by atoms with Gasteiger partial charge >= 0.3 is 6.03 Å². The maximum Gasteiger partial charge on any atom is 0.315 e. The first-order valence-electron chi connectivity index (χ1n) is 10.6. The first-order valence-corrected chi connectivity index (χ1v) is 10.6. The predicted octanol–water partition coefficient (Wildman–Crippen LogP) is 3.93. The Kier molecular flexibility index (Phi) is 7.39. The van der Waals surface area contributed by atoms with Crippen LogP contribution in [0.15, 0.2) is 24.3 Å². The summed E-state index contributed by atoms with van der Waals surface area (Å²) < 4.78 is 5.99. The lowest BCUT2D eigenvalue weighted by Crippen LogP contribution is -2.48. The van der Waals surface area contributed by atoms with Crippen molar-refractivity contribution in [2.24, 2.45) is 5.92 Å². The smallest absolute Gasteiger partial charge is 0.315 e. The topological polar surface area (TPSA) is 53.6 Å². The largest absolute Gasteiger partial charge is 0.490 e. The Balaban J connectivity index is 1.34. The van der Waals surface area contributed by atoms with E-state index < -0.39 is 0 Å². The molecule has 2 N–H and O–H groups in total. The Bertz CT molecular complexity index is 574. The van der Waals surface area contributed by atoms with Crippen LogP contribution in [0, 0.1) is 5.92 Å². The van der Waals surface area contributed by atoms with Gasteiger partial charge in [-0.3, -0.25) is 0 Å². The van der Waals surface area contributed by atoms with E-state index in [0.717, 1.165) is 43.8 Å². The van der Waals surface area contributed by atoms with Crippen molar-refractivity contribution in [3.8, 4) is 5.75 Å². The average Bonchev–Trinajstić information content (AvgIpc) is 3.15. The summed E-state index contributed by atoms with van der Waals surface area (Å²) in [5, 5.41) is 6.10. The highest BCUT2D eigenvalue weighted by molar-refractivity contribution is 5.74. The molecule has 0 atom stereocenters. The second-order valence-electron chi connectivity index (χ2n) is 8.46. The molecule has 2 fully saturated rings. The third-order valence-corrected chi connectivity index (χ3v) is 5.53. The molecule has 2 aliphatic rings. The van der Waals surface area contributed by atoms with E-state index in [1.165, 1.54) is 25.7 Å². The Morgan fingerprint density at radius 2 is 1.78 bits per heavy atom. The van der Waals surface area contributed by atoms with Crippen LogP contribution in [0.1, 0.15) is 57.9 Å². The molecule has 1 aromatic rings. The molecule has 27 heavy (non-hydrogen) atoms. The third-order valence-electron chi connectivity index (χ3n) is 5.53. The summed E-state index contributed by atoms with van der Waals surface area (Å²) in [4.78, 5) is 14.7. The maximum atomic E-state index is 12.2. The lowest BCUT2D eigenvalue weighted by Gasteiger charge is -2.33. The zero-order valence-electron chi connectivity index (χ0n) is 16.9. The lowest BCUT2D eigenvalue weighted by molar-refractivity contribution is 0.178. The highest BCUT2D eigenvalue weighted by Gasteiger charge is 2.21. The lowest BCUT2D eigenvalue weighted by atomic mass is 10.0. The Morgan fingerprint density at radius 3 is 2.41 bits per heavy atom. The summed E-state index contributed by atoms with van der Waals surface area (Å²) >= 11 is 0. The van der Waals surface area contributed by atoms with Gasteiger partial charge in [-0.25, -0.2) is 4.79 Å². The summed E-state index contributed by atoms with van der Waals surface area (Å²) in [5.74, 6) is 1.64. The van der Waals surface area contributed by atoms with E-state index in [1.54, 1.807) is 0 Å². The summed E-state index contributed by atoms with van der Waals surface area (Å²) in [6.45, 7) is 8.36. The average molecular weight is 374 g/mol. The van der Waals surface area contributed by atoms with Crippen molar-refractivity contribution in [1.29, 1.82) is 0 Å². The number of piperidine rings is 1. The molecule has 0 spiro atoms. The number of nitrogens with one attached hydrogen (secondary N) is 2. The number of urea groups is 1. The number of nitrogens with zero attached hydrogens (tertiary/aromatic N) is 1. The zero-order chi connectivity index (χ0) is 19.1. The van der Waals surface area contributed by atoms with E-state index in [-0.39, 0.29) is 12.1 Å². The standard InChI is InChI=1S/C22H35N3O2/c1-17(2)16-25-13-11-19(12-14-25)24-22(26)23-15-18-7-9-21(10-8-18)27-20-5-3-4-6-20/h7-10,17,19-20H,3-6,11-16H2,1-2H3,(H2,23,24,26). The van der Waals surface area contributed by atoms with Gasteiger partial charge in [0.15, 0.2) is 0 Å². The molecule has 150 valence electrons. The molecule has 1 aliphatic carbocycles. The second-order valence-corrected chi connectivity index (χ2v) is 8.46. The van der Waals surface area contributed by atoms with Gasteiger partial charge in [-0.1, -0.05) is 26.0 Å². The van der Waals surface area contributed by atoms with Gasteiger partial charge < -0.3 is 20.3 Å². The summed E-state index contributed by atoms with van der Waals surface area (Å²) in [6.07, 6.45) is 7.34. The molecule has 1 heterocycles. The second kappa shape index (κ2) is 9.98. The fraction of sp³-hybridized carbons (Fsp3) is 0.682. The molecule has 2 amide bonds. The van der Waals surface area contributed by atoms with Crippen molar-refractivity contribution in [1.82, 2.24) is 15.5 Å². The maximum absolute atomic E-state index is 12.2. The van der Waals surface area contributed by atoms with Gasteiger partial charge in [0, 0.05) is 32.2 Å². The SMILES string of the molecule is CC(C)CN1CCC(NC(=O)NCc2ccc(OC3CCCC3)cc2)CC1. The Morgan fingerprint density at radius 1 is 1.11 bits per heavy atom. The molecule has 5 nitrogen and oxygen atoms in total. The number of rotatable bonds is 7. The summed E-state index contributed by atoms with van der Waals surface area (Å²) in [7, 11) is 0. The summed E-state index contributed by atoms with van der Waals surface area (Å²) in [6, 6.07) is 8.32. The van der Waals surface area contributed by atoms with E-state index in [1.807, 2.05) is 24.3 Å². The number of hydrogen-bond acceptors (Lipinski definition) is 3. The van der Waals surface area contributed by atoms with Gasteiger partial charge in [0.25, 0.3) is 0 Å². The number of ether oxygens (including phenoxy) is 1. The van der Waals surface area contributed by atoms with Crippen LogP contribution in [0.3, 0.4) is 0 Å². The van der Waals surface area contributed by atoms with Crippen LogP contribution in [0.2, 0.25) is 0 Å². The van der Waals surface area contributed by atoms with Crippen LogP contribution in [0.25, 0.3) is 0 Å². The third kappa shape index (κ3) is 6.73. The highest BCUT2D eigenvalue weighted by atomic mass is 16.5. The van der Waals surface area contributed by atoms with Gasteiger partial charge in [-0.05, 0) is 62.1 Å². The van der Waals surface area contributed by atoms with Crippen LogP contribution in [-0.2, 0) is 6.54 Å². The van der Waals surface area contributed by atoms with Crippen molar-refractivity contribution in [3.63, 3.8) is 0 Å². The molecular weight excluding hydrogens is 338 g/mol. The monoisotopic (exact) mass is 373 g/mol. The van der Waals surface area contributed by atoms with Crippen molar-refractivity contribution in [2.75, 3.05) is 19.6 Å². The minimum Gasteiger partial charge on any atom is -0.490 e. The number of benzene rings is 1. The first-order chi connectivity index (χ1) is 13.1. The van der Waals surface area contributed by atoms with E-state index in [9.17, 15) is 4.79 Å². The van der Waals surface area contributed by atoms with Crippen LogP contribution in [-0.4, -0.2) is 42.7 Å². The van der Waals surface area contributed by atoms with Crippen molar-refractivity contribution < 1.29 is 9.53 Å². The van der Waals surface area contributed by atoms with Gasteiger partial charge in [0.1, 0.15) is 5.75 Å². The highest BCUT2D eigenvalue weighted by Crippen LogP contribution is 2.24. The molecular formula is C22H35N3O2. The number of hydrogen-bond donors (Lipinski definition) is 2. The van der Waals surface area contributed by atoms with Gasteiger partial charge in [-0.2, -0.15) is 0 Å². The van der Waals surface area contributed by atoms with E-state index in [4.69, 9.17) is 4.74 Å². The Labute approximate surface area is 163 Å². The van der Waals surface area contributed by atoms with Gasteiger partial charge in [0.2, 0.25) is 0 Å². The molecule has 0 bridgehead atoms. The molecule has 5 heteroatoms. The minimum absolute atomic E-state index is 0.0661. The van der Waals surface area contributed by atoms with Crippen LogP contribution in [0.5, 0.6) is 5.75 Å². The molecule has 1 aliphatic heterocycles. The molecule has 0 radical (unpaired) electrons. The fourth-order valence-corrected chi connectivity index (χ4v) is 4.08. The molecule has 1 saturated carbocycles. The van der Waals surface area contributed by atoms with Crippen LogP contribution in [0.4, 0.5) is 4.79 Å². The van der Waals surface area contributed by atoms with Gasteiger partial charge in [-0.15, -0.1) is 0 Å². The van der Waals surface area contributed by atoms with E-state index in [2.05, 4.69) is 29.4 Å². The number of amides is 2. The predicted molar refractivity (Wildman–Crippen MR) is 109 cm³/mol. The number of carbonyl (C=O) groups is 1. The van der Waals surface area contributed by atoms with Crippen LogP contribution < -0.4 is 15.4 Å². The van der Waals surface area contributed by atoms with E-state index >= 15 is 0 Å². The zero-order valence-corrected chi connectivity index (χ0v) is 16.9. The molecule has 0 aromatic heterocycles. The number of likely N-dealkylation sites (tertiary alicyclic amines) is 1. The van der Waals surface area contributed by atoms with Crippen molar-refractivity contribution in [3.05, 3.63) is 29.8 Å². The van der Waals surface area contributed by atoms with Crippen molar-refractivity contribution >= 4 is 6.03 Å².